The molecule has 2 N–H and O–H groups in total. The topological polar surface area (TPSA) is 61.4 Å². The lowest BCUT2D eigenvalue weighted by atomic mass is 9.99. The molecule has 2 amide bonds. The minimum Gasteiger partial charge on any atom is -0.343 e. The quantitative estimate of drug-likeness (QED) is 0.437. The van der Waals surface area contributed by atoms with Crippen molar-refractivity contribution in [3.05, 3.63) is 90.0 Å². The van der Waals surface area contributed by atoms with Crippen molar-refractivity contribution in [2.24, 2.45) is 0 Å². The van der Waals surface area contributed by atoms with Gasteiger partial charge in [-0.05, 0) is 77.7 Å². The zero-order chi connectivity index (χ0) is 23.7. The highest BCUT2D eigenvalue weighted by Gasteiger charge is 2.32. The first kappa shape index (κ1) is 22.1. The summed E-state index contributed by atoms with van der Waals surface area (Å²) in [4.78, 5) is 28.2. The Balaban J connectivity index is 1.55. The second kappa shape index (κ2) is 9.27. The number of benzene rings is 4. The van der Waals surface area contributed by atoms with Crippen LogP contribution in [0.5, 0.6) is 0 Å². The van der Waals surface area contributed by atoms with Gasteiger partial charge in [-0.15, -0.1) is 0 Å². The maximum absolute atomic E-state index is 13.8. The van der Waals surface area contributed by atoms with Gasteiger partial charge in [-0.25, -0.2) is 0 Å². The average molecular weight is 452 g/mol. The van der Waals surface area contributed by atoms with Gasteiger partial charge in [0.05, 0.1) is 12.6 Å². The fraction of sp³-hybridized carbons (Fsp3) is 0.241. The summed E-state index contributed by atoms with van der Waals surface area (Å²) in [6.07, 6.45) is 1.31. The van der Waals surface area contributed by atoms with E-state index in [9.17, 15) is 9.59 Å². The fourth-order valence-electron chi connectivity index (χ4n) is 4.78. The van der Waals surface area contributed by atoms with Crippen LogP contribution in [0.4, 0.5) is 5.69 Å². The molecule has 0 saturated heterocycles. The average Bonchev–Trinajstić information content (AvgIpc) is 2.99. The molecule has 1 aliphatic rings. The van der Waals surface area contributed by atoms with Crippen molar-refractivity contribution in [2.45, 2.75) is 38.4 Å². The Morgan fingerprint density at radius 1 is 0.971 bits per heavy atom. The Morgan fingerprint density at radius 2 is 1.68 bits per heavy atom. The van der Waals surface area contributed by atoms with Gasteiger partial charge in [0, 0.05) is 5.69 Å². The van der Waals surface area contributed by atoms with Gasteiger partial charge in [0.15, 0.2) is 0 Å². The Hall–Kier alpha value is -3.70. The molecule has 2 atom stereocenters. The number of para-hydroxylation sites is 1. The summed E-state index contributed by atoms with van der Waals surface area (Å²) in [6.45, 7) is 2.24. The third-order valence-corrected chi connectivity index (χ3v) is 6.86. The number of hydrogen-bond donors (Lipinski definition) is 2. The van der Waals surface area contributed by atoms with Crippen molar-refractivity contribution in [3.8, 4) is 0 Å². The molecular weight excluding hydrogens is 422 g/mol. The van der Waals surface area contributed by atoms with Crippen LogP contribution in [0.15, 0.2) is 78.9 Å². The Labute approximate surface area is 199 Å². The van der Waals surface area contributed by atoms with Gasteiger partial charge in [-0.1, -0.05) is 60.7 Å². The van der Waals surface area contributed by atoms with E-state index >= 15 is 0 Å². The first-order chi connectivity index (χ1) is 16.5. The van der Waals surface area contributed by atoms with Crippen molar-refractivity contribution in [1.29, 1.82) is 0 Å². The van der Waals surface area contributed by atoms with Crippen LogP contribution in [0, 0.1) is 0 Å². The maximum atomic E-state index is 13.8. The van der Waals surface area contributed by atoms with Crippen LogP contribution < -0.4 is 15.5 Å². The number of rotatable bonds is 5. The number of amides is 2. The molecule has 0 saturated carbocycles. The van der Waals surface area contributed by atoms with Crippen LogP contribution in [0.1, 0.15) is 24.5 Å². The zero-order valence-electron chi connectivity index (χ0n) is 19.5. The largest absolute Gasteiger partial charge is 0.343 e. The van der Waals surface area contributed by atoms with Crippen LogP contribution >= 0.6 is 0 Å². The summed E-state index contributed by atoms with van der Waals surface area (Å²) in [5.74, 6) is -0.234. The minimum atomic E-state index is -0.563. The molecule has 34 heavy (non-hydrogen) atoms. The number of fused-ring (bicyclic) bond motifs is 3. The van der Waals surface area contributed by atoms with Gasteiger partial charge >= 0.3 is 0 Å². The molecular formula is C29H29N3O2. The van der Waals surface area contributed by atoms with E-state index in [4.69, 9.17) is 0 Å². The van der Waals surface area contributed by atoms with Crippen molar-refractivity contribution in [2.75, 3.05) is 11.9 Å². The zero-order valence-corrected chi connectivity index (χ0v) is 19.5. The second-order valence-corrected chi connectivity index (χ2v) is 9.00. The highest BCUT2D eigenvalue weighted by atomic mass is 16.2. The molecule has 0 aromatic heterocycles. The molecule has 1 heterocycles. The van der Waals surface area contributed by atoms with E-state index in [1.807, 2.05) is 35.2 Å². The third kappa shape index (κ3) is 4.15. The van der Waals surface area contributed by atoms with Gasteiger partial charge in [0.1, 0.15) is 6.04 Å². The molecule has 1 aliphatic heterocycles. The van der Waals surface area contributed by atoms with Gasteiger partial charge in [-0.3, -0.25) is 9.59 Å². The van der Waals surface area contributed by atoms with Crippen molar-refractivity contribution >= 4 is 39.0 Å². The fourth-order valence-corrected chi connectivity index (χ4v) is 4.78. The molecule has 4 aromatic carbocycles. The van der Waals surface area contributed by atoms with E-state index in [1.54, 1.807) is 14.0 Å². The van der Waals surface area contributed by atoms with Crippen LogP contribution in [0.25, 0.3) is 21.5 Å². The monoisotopic (exact) mass is 451 g/mol. The predicted molar refractivity (Wildman–Crippen MR) is 138 cm³/mol. The lowest BCUT2D eigenvalue weighted by molar-refractivity contribution is -0.128. The Morgan fingerprint density at radius 3 is 2.47 bits per heavy atom. The molecule has 2 unspecified atom stereocenters. The molecule has 172 valence electrons. The van der Waals surface area contributed by atoms with E-state index in [0.717, 1.165) is 34.0 Å². The van der Waals surface area contributed by atoms with E-state index in [-0.39, 0.29) is 17.9 Å². The highest BCUT2D eigenvalue weighted by molar-refractivity contribution is 6.03. The predicted octanol–water partition coefficient (Wildman–Crippen LogP) is 4.57. The number of anilines is 1. The van der Waals surface area contributed by atoms with Gasteiger partial charge in [0.2, 0.25) is 11.8 Å². The van der Waals surface area contributed by atoms with E-state index in [1.165, 1.54) is 10.8 Å². The van der Waals surface area contributed by atoms with E-state index in [2.05, 4.69) is 59.2 Å². The molecule has 5 nitrogen and oxygen atoms in total. The lowest BCUT2D eigenvalue weighted by Crippen LogP contribution is -2.52. The van der Waals surface area contributed by atoms with Crippen LogP contribution in [0.3, 0.4) is 0 Å². The Kier molecular flexibility index (Phi) is 6.03. The number of carbonyl (C=O) groups is 2. The van der Waals surface area contributed by atoms with Crippen molar-refractivity contribution < 1.29 is 9.59 Å². The summed E-state index contributed by atoms with van der Waals surface area (Å²) in [6, 6.07) is 26.1. The number of carbonyl (C=O) groups excluding carboxylic acids is 2. The molecule has 5 rings (SSSR count). The van der Waals surface area contributed by atoms with E-state index in [0.29, 0.717) is 13.0 Å². The van der Waals surface area contributed by atoms with Gasteiger partial charge < -0.3 is 15.5 Å². The molecule has 0 radical (unpaired) electrons. The first-order valence-corrected chi connectivity index (χ1v) is 11.8. The molecule has 0 spiro atoms. The lowest BCUT2D eigenvalue weighted by Gasteiger charge is -2.27. The van der Waals surface area contributed by atoms with Crippen molar-refractivity contribution in [1.82, 2.24) is 10.6 Å². The summed E-state index contributed by atoms with van der Waals surface area (Å²) < 4.78 is 0. The second-order valence-electron chi connectivity index (χ2n) is 9.00. The van der Waals surface area contributed by atoms with Gasteiger partial charge in [0.25, 0.3) is 0 Å². The van der Waals surface area contributed by atoms with Gasteiger partial charge in [-0.2, -0.15) is 0 Å². The number of likely N-dealkylation sites (N-methyl/N-ethyl adjacent to an activating group) is 1. The summed E-state index contributed by atoms with van der Waals surface area (Å²) in [5.41, 5.74) is 3.13. The van der Waals surface area contributed by atoms with E-state index < -0.39 is 6.04 Å². The van der Waals surface area contributed by atoms with Crippen molar-refractivity contribution in [3.63, 3.8) is 0 Å². The smallest absolute Gasteiger partial charge is 0.249 e. The molecule has 4 aromatic rings. The number of hydrogen-bond acceptors (Lipinski definition) is 3. The summed E-state index contributed by atoms with van der Waals surface area (Å²) >= 11 is 0. The molecule has 0 aliphatic carbocycles. The number of aryl methyl sites for hydroxylation is 1. The summed E-state index contributed by atoms with van der Waals surface area (Å²) in [7, 11) is 1.74. The summed E-state index contributed by atoms with van der Waals surface area (Å²) in [5, 5.41) is 10.6. The number of nitrogens with one attached hydrogen (secondary N) is 2. The van der Waals surface area contributed by atoms with Crippen LogP contribution in [-0.4, -0.2) is 30.9 Å². The van der Waals surface area contributed by atoms with Crippen LogP contribution in [0.2, 0.25) is 0 Å². The Bertz CT molecular complexity index is 1380. The minimum absolute atomic E-state index is 0.0700. The third-order valence-electron chi connectivity index (χ3n) is 6.86. The molecule has 5 heteroatoms. The SMILES string of the molecule is CNC(C)C(=O)NC1CCc2ccccc2N(Cc2cccc3cc4ccccc4cc23)C1=O. The molecule has 0 bridgehead atoms. The highest BCUT2D eigenvalue weighted by Crippen LogP contribution is 2.31. The molecule has 0 fully saturated rings. The number of nitrogens with zero attached hydrogens (tertiary/aromatic N) is 1. The first-order valence-electron chi connectivity index (χ1n) is 11.8. The standard InChI is InChI=1S/C29H29N3O2/c1-19(30-2)28(33)31-26-15-14-20-8-5-6-13-27(20)32(29(26)34)18-24-12-7-11-23-16-21-9-3-4-10-22(21)17-25(23)24/h3-13,16-17,19,26,30H,14-15,18H2,1-2H3,(H,31,33). The maximum Gasteiger partial charge on any atom is 0.249 e. The normalized spacial score (nSPS) is 16.8. The van der Waals surface area contributed by atoms with Crippen LogP contribution in [-0.2, 0) is 22.6 Å².